The third-order valence-electron chi connectivity index (χ3n) is 5.05. The predicted octanol–water partition coefficient (Wildman–Crippen LogP) is 3.40. The molecule has 1 aliphatic heterocycles. The van der Waals surface area contributed by atoms with Gasteiger partial charge in [0.15, 0.2) is 0 Å². The SMILES string of the molecule is Cl.N[C@@H]1CCCC[C@H]1N1Cc2ccc(-c3noc(C(F)(F)F)n3)cc2C1=O. The standard InChI is InChI=1S/C17H17F3N4O2.ClH/c18-17(19,20)16-22-14(23-26-16)9-5-6-10-8-24(15(25)11(10)7-9)13-4-2-1-3-12(13)21;/h5-7,12-13H,1-4,8,21H2;1H/t12-,13-;/m1./s1. The van der Waals surface area contributed by atoms with Crippen molar-refractivity contribution in [1.29, 1.82) is 0 Å². The van der Waals surface area contributed by atoms with Crippen LogP contribution in [-0.2, 0) is 12.7 Å². The van der Waals surface area contributed by atoms with Gasteiger partial charge in [-0.2, -0.15) is 18.2 Å². The Morgan fingerprint density at radius 3 is 2.63 bits per heavy atom. The van der Waals surface area contributed by atoms with Crippen LogP contribution in [0.3, 0.4) is 0 Å². The molecule has 0 radical (unpaired) electrons. The number of nitrogens with two attached hydrogens (primary N) is 1. The lowest BCUT2D eigenvalue weighted by Crippen LogP contribution is -2.49. The van der Waals surface area contributed by atoms with E-state index >= 15 is 0 Å². The van der Waals surface area contributed by atoms with Crippen molar-refractivity contribution < 1.29 is 22.5 Å². The van der Waals surface area contributed by atoms with Gasteiger partial charge in [0.2, 0.25) is 5.82 Å². The molecule has 2 heterocycles. The normalized spacial score (nSPS) is 22.5. The summed E-state index contributed by atoms with van der Waals surface area (Å²) in [5.41, 5.74) is 7.79. The lowest BCUT2D eigenvalue weighted by atomic mass is 9.90. The number of nitrogens with zero attached hydrogens (tertiary/aromatic N) is 3. The topological polar surface area (TPSA) is 85.2 Å². The van der Waals surface area contributed by atoms with Crippen LogP contribution in [0.2, 0.25) is 0 Å². The van der Waals surface area contributed by atoms with Gasteiger partial charge in [-0.15, -0.1) is 12.4 Å². The van der Waals surface area contributed by atoms with E-state index in [2.05, 4.69) is 14.7 Å². The molecular weight excluding hydrogens is 385 g/mol. The number of halogens is 4. The van der Waals surface area contributed by atoms with Gasteiger partial charge in [0.1, 0.15) is 0 Å². The molecule has 10 heteroatoms. The summed E-state index contributed by atoms with van der Waals surface area (Å²) in [7, 11) is 0. The van der Waals surface area contributed by atoms with Crippen molar-refractivity contribution in [3.8, 4) is 11.4 Å². The van der Waals surface area contributed by atoms with Crippen molar-refractivity contribution in [2.45, 2.75) is 50.5 Å². The fourth-order valence-electron chi connectivity index (χ4n) is 3.71. The molecular formula is C17H18ClF3N4O2. The average Bonchev–Trinajstić information content (AvgIpc) is 3.21. The maximum absolute atomic E-state index is 12.8. The van der Waals surface area contributed by atoms with Gasteiger partial charge in [-0.1, -0.05) is 30.1 Å². The molecule has 1 saturated carbocycles. The van der Waals surface area contributed by atoms with Gasteiger partial charge < -0.3 is 15.2 Å². The zero-order valence-electron chi connectivity index (χ0n) is 14.2. The number of benzene rings is 1. The van der Waals surface area contributed by atoms with Crippen LogP contribution in [0.1, 0.15) is 47.5 Å². The minimum absolute atomic E-state index is 0. The maximum atomic E-state index is 12.8. The number of carbonyl (C=O) groups is 1. The molecule has 0 unspecified atom stereocenters. The lowest BCUT2D eigenvalue weighted by Gasteiger charge is -2.35. The van der Waals surface area contributed by atoms with Crippen LogP contribution < -0.4 is 5.73 Å². The molecule has 4 rings (SSSR count). The highest BCUT2D eigenvalue weighted by atomic mass is 35.5. The lowest BCUT2D eigenvalue weighted by molar-refractivity contribution is -0.159. The number of rotatable bonds is 2. The first-order chi connectivity index (χ1) is 12.3. The van der Waals surface area contributed by atoms with E-state index in [4.69, 9.17) is 5.73 Å². The van der Waals surface area contributed by atoms with Gasteiger partial charge >= 0.3 is 12.1 Å². The molecule has 27 heavy (non-hydrogen) atoms. The van der Waals surface area contributed by atoms with E-state index in [1.807, 2.05) is 0 Å². The quantitative estimate of drug-likeness (QED) is 0.832. The van der Waals surface area contributed by atoms with Crippen molar-refractivity contribution >= 4 is 18.3 Å². The van der Waals surface area contributed by atoms with Crippen molar-refractivity contribution in [3.63, 3.8) is 0 Å². The van der Waals surface area contributed by atoms with Crippen molar-refractivity contribution in [3.05, 3.63) is 35.2 Å². The molecule has 1 aliphatic carbocycles. The Hall–Kier alpha value is -2.13. The van der Waals surface area contributed by atoms with Gasteiger partial charge in [0.25, 0.3) is 5.91 Å². The predicted molar refractivity (Wildman–Crippen MR) is 92.1 cm³/mol. The van der Waals surface area contributed by atoms with Crippen LogP contribution in [0, 0.1) is 0 Å². The van der Waals surface area contributed by atoms with Crippen LogP contribution >= 0.6 is 12.4 Å². The highest BCUT2D eigenvalue weighted by Gasteiger charge is 2.39. The Labute approximate surface area is 159 Å². The van der Waals surface area contributed by atoms with Crippen LogP contribution in [0.4, 0.5) is 13.2 Å². The van der Waals surface area contributed by atoms with Crippen molar-refractivity contribution in [1.82, 2.24) is 15.0 Å². The van der Waals surface area contributed by atoms with Gasteiger partial charge in [-0.05, 0) is 24.5 Å². The summed E-state index contributed by atoms with van der Waals surface area (Å²) in [6.45, 7) is 0.465. The molecule has 0 spiro atoms. The minimum atomic E-state index is -4.70. The number of hydrogen-bond donors (Lipinski definition) is 1. The fourth-order valence-corrected chi connectivity index (χ4v) is 3.71. The largest absolute Gasteiger partial charge is 0.471 e. The van der Waals surface area contributed by atoms with Crippen LogP contribution in [0.25, 0.3) is 11.4 Å². The number of aromatic nitrogens is 2. The Balaban J connectivity index is 0.00000210. The molecule has 1 amide bonds. The molecule has 2 atom stereocenters. The number of amides is 1. The number of alkyl halides is 3. The van der Waals surface area contributed by atoms with Gasteiger partial charge in [-0.25, -0.2) is 0 Å². The fraction of sp³-hybridized carbons (Fsp3) is 0.471. The van der Waals surface area contributed by atoms with Gasteiger partial charge in [0, 0.05) is 29.8 Å². The van der Waals surface area contributed by atoms with Crippen LogP contribution in [0.5, 0.6) is 0 Å². The number of fused-ring (bicyclic) bond motifs is 1. The van der Waals surface area contributed by atoms with E-state index < -0.39 is 12.1 Å². The van der Waals surface area contributed by atoms with Crippen LogP contribution in [-0.4, -0.2) is 33.0 Å². The smallest absolute Gasteiger partial charge is 0.330 e. The van der Waals surface area contributed by atoms with Crippen LogP contribution in [0.15, 0.2) is 22.7 Å². The van der Waals surface area contributed by atoms with E-state index in [1.54, 1.807) is 17.0 Å². The molecule has 2 aliphatic rings. The van der Waals surface area contributed by atoms with Gasteiger partial charge in [-0.3, -0.25) is 4.79 Å². The molecule has 1 aromatic heterocycles. The first-order valence-corrected chi connectivity index (χ1v) is 8.45. The van der Waals surface area contributed by atoms with Gasteiger partial charge in [0.05, 0.1) is 0 Å². The highest BCUT2D eigenvalue weighted by Crippen LogP contribution is 2.34. The molecule has 0 saturated heterocycles. The second-order valence-electron chi connectivity index (χ2n) is 6.74. The summed E-state index contributed by atoms with van der Waals surface area (Å²) >= 11 is 0. The summed E-state index contributed by atoms with van der Waals surface area (Å²) in [5.74, 6) is -1.75. The summed E-state index contributed by atoms with van der Waals surface area (Å²) in [4.78, 5) is 18.0. The third kappa shape index (κ3) is 3.53. The molecule has 0 bridgehead atoms. The molecule has 1 aromatic carbocycles. The monoisotopic (exact) mass is 402 g/mol. The molecule has 146 valence electrons. The Bertz CT molecular complexity index is 855. The molecule has 6 nitrogen and oxygen atoms in total. The first-order valence-electron chi connectivity index (χ1n) is 8.45. The average molecular weight is 403 g/mol. The summed E-state index contributed by atoms with van der Waals surface area (Å²) in [6.07, 6.45) is -0.846. The summed E-state index contributed by atoms with van der Waals surface area (Å²) in [6, 6.07) is 4.79. The Kier molecular flexibility index (Phi) is 5.18. The summed E-state index contributed by atoms with van der Waals surface area (Å²) in [5, 5.41) is 3.37. The van der Waals surface area contributed by atoms with E-state index in [0.717, 1.165) is 31.2 Å². The minimum Gasteiger partial charge on any atom is -0.330 e. The Morgan fingerprint density at radius 1 is 1.22 bits per heavy atom. The zero-order chi connectivity index (χ0) is 18.5. The molecule has 2 aromatic rings. The van der Waals surface area contributed by atoms with E-state index in [1.165, 1.54) is 6.07 Å². The maximum Gasteiger partial charge on any atom is 0.471 e. The van der Waals surface area contributed by atoms with Crippen molar-refractivity contribution in [2.24, 2.45) is 5.73 Å². The highest BCUT2D eigenvalue weighted by molar-refractivity contribution is 5.99. The molecule has 2 N–H and O–H groups in total. The number of hydrogen-bond acceptors (Lipinski definition) is 5. The van der Waals surface area contributed by atoms with E-state index in [-0.39, 0.29) is 36.2 Å². The molecule has 1 fully saturated rings. The second kappa shape index (κ2) is 7.12. The van der Waals surface area contributed by atoms with E-state index in [0.29, 0.717) is 17.7 Å². The first kappa shape index (κ1) is 19.6. The Morgan fingerprint density at radius 2 is 1.96 bits per heavy atom. The number of carbonyl (C=O) groups excluding carboxylic acids is 1. The van der Waals surface area contributed by atoms with Crippen molar-refractivity contribution in [2.75, 3.05) is 0 Å². The van der Waals surface area contributed by atoms with E-state index in [9.17, 15) is 18.0 Å². The third-order valence-corrected chi connectivity index (χ3v) is 5.05. The zero-order valence-corrected chi connectivity index (χ0v) is 15.0. The summed E-state index contributed by atoms with van der Waals surface area (Å²) < 4.78 is 42.1. The second-order valence-corrected chi connectivity index (χ2v) is 6.74.